The molecule has 3 fully saturated rings. The minimum Gasteiger partial charge on any atom is -0.390 e. The van der Waals surface area contributed by atoms with E-state index in [-0.39, 0.29) is 18.3 Å². The summed E-state index contributed by atoms with van der Waals surface area (Å²) in [7, 11) is 0. The molecule has 18 heavy (non-hydrogen) atoms. The van der Waals surface area contributed by atoms with Crippen molar-refractivity contribution >= 4 is 0 Å². The predicted molar refractivity (Wildman–Crippen MR) is 61.6 cm³/mol. The van der Waals surface area contributed by atoms with Gasteiger partial charge in [-0.25, -0.2) is 0 Å². The second kappa shape index (κ2) is 4.46. The van der Waals surface area contributed by atoms with Gasteiger partial charge in [-0.05, 0) is 19.3 Å². The maximum Gasteiger partial charge on any atom is 0.106 e. The van der Waals surface area contributed by atoms with Crippen molar-refractivity contribution < 1.29 is 19.7 Å². The van der Waals surface area contributed by atoms with Gasteiger partial charge in [0.2, 0.25) is 0 Å². The number of ether oxygens (including phenoxy) is 2. The summed E-state index contributed by atoms with van der Waals surface area (Å²) in [6.07, 6.45) is 2.38. The lowest BCUT2D eigenvalue weighted by molar-refractivity contribution is -0.178. The summed E-state index contributed by atoms with van der Waals surface area (Å²) in [6.45, 7) is 0. The molecule has 1 spiro atoms. The Bertz CT molecular complexity index is 368. The highest BCUT2D eigenvalue weighted by molar-refractivity contribution is 5.09. The zero-order valence-electron chi connectivity index (χ0n) is 10.3. The normalized spacial score (nSPS) is 50.6. The van der Waals surface area contributed by atoms with Crippen molar-refractivity contribution in [2.24, 2.45) is 0 Å². The van der Waals surface area contributed by atoms with Crippen LogP contribution in [0.2, 0.25) is 0 Å². The van der Waals surface area contributed by atoms with Crippen LogP contribution in [0.1, 0.15) is 38.5 Å². The lowest BCUT2D eigenvalue weighted by Gasteiger charge is -2.44. The molecule has 6 atom stereocenters. The van der Waals surface area contributed by atoms with Gasteiger partial charge in [0.05, 0.1) is 36.1 Å². The van der Waals surface area contributed by atoms with E-state index in [4.69, 9.17) is 14.7 Å². The van der Waals surface area contributed by atoms with E-state index in [1.54, 1.807) is 0 Å². The second-order valence-corrected chi connectivity index (χ2v) is 5.71. The number of nitrogens with zero attached hydrogens (tertiary/aromatic N) is 1. The van der Waals surface area contributed by atoms with Gasteiger partial charge in [0.1, 0.15) is 6.10 Å². The Morgan fingerprint density at radius 1 is 1.28 bits per heavy atom. The molecule has 0 amide bonds. The van der Waals surface area contributed by atoms with E-state index in [1.165, 1.54) is 0 Å². The monoisotopic (exact) mass is 253 g/mol. The van der Waals surface area contributed by atoms with Gasteiger partial charge >= 0.3 is 0 Å². The predicted octanol–water partition coefficient (Wildman–Crippen LogP) is 0.491. The molecular formula is C13H19NO4. The Labute approximate surface area is 106 Å². The smallest absolute Gasteiger partial charge is 0.106 e. The summed E-state index contributed by atoms with van der Waals surface area (Å²) in [5.74, 6) is 0. The third-order valence-corrected chi connectivity index (χ3v) is 4.53. The number of aliphatic hydroxyl groups is 2. The Balaban J connectivity index is 1.74. The van der Waals surface area contributed by atoms with Crippen molar-refractivity contribution in [3.8, 4) is 6.07 Å². The van der Waals surface area contributed by atoms with Crippen LogP contribution >= 0.6 is 0 Å². The topological polar surface area (TPSA) is 82.7 Å². The number of nitriles is 1. The van der Waals surface area contributed by atoms with E-state index >= 15 is 0 Å². The maximum absolute atomic E-state index is 9.89. The Morgan fingerprint density at radius 3 is 2.89 bits per heavy atom. The third-order valence-electron chi connectivity index (χ3n) is 4.53. The molecular weight excluding hydrogens is 234 g/mol. The fraction of sp³-hybridized carbons (Fsp3) is 0.923. The van der Waals surface area contributed by atoms with Gasteiger partial charge in [-0.2, -0.15) is 5.26 Å². The average Bonchev–Trinajstić information content (AvgIpc) is 2.68. The second-order valence-electron chi connectivity index (χ2n) is 5.71. The van der Waals surface area contributed by atoms with E-state index in [0.29, 0.717) is 19.3 Å². The molecule has 0 aromatic carbocycles. The highest BCUT2D eigenvalue weighted by Crippen LogP contribution is 2.49. The third kappa shape index (κ3) is 1.84. The quantitative estimate of drug-likeness (QED) is 0.748. The van der Waals surface area contributed by atoms with Crippen molar-refractivity contribution in [3.63, 3.8) is 0 Å². The zero-order chi connectivity index (χ0) is 12.8. The molecule has 5 nitrogen and oxygen atoms in total. The van der Waals surface area contributed by atoms with Crippen molar-refractivity contribution in [1.82, 2.24) is 0 Å². The van der Waals surface area contributed by atoms with Gasteiger partial charge in [-0.3, -0.25) is 0 Å². The van der Waals surface area contributed by atoms with Gasteiger partial charge in [0.25, 0.3) is 0 Å². The number of hydrogen-bond acceptors (Lipinski definition) is 5. The standard InChI is InChI=1S/C13H19NO4/c14-5-1-2-8-3-4-11-13(18-8)6-9(15)12(16)10(7-13)17-11/h8-12,15-16H,1-4,6-7H2/t8?,9-,10?,11+,12?,13?/m1/s1. The molecule has 0 aromatic heterocycles. The van der Waals surface area contributed by atoms with Crippen LogP contribution in [0.4, 0.5) is 0 Å². The molecule has 3 rings (SSSR count). The van der Waals surface area contributed by atoms with Crippen LogP contribution in [-0.2, 0) is 9.47 Å². The van der Waals surface area contributed by atoms with Crippen LogP contribution in [0.15, 0.2) is 0 Å². The Kier molecular flexibility index (Phi) is 3.07. The molecule has 2 bridgehead atoms. The molecule has 1 aliphatic carbocycles. The van der Waals surface area contributed by atoms with Gasteiger partial charge < -0.3 is 19.7 Å². The number of fused-ring (bicyclic) bond motifs is 1. The first-order chi connectivity index (χ1) is 8.64. The van der Waals surface area contributed by atoms with Gasteiger partial charge in [-0.1, -0.05) is 0 Å². The summed E-state index contributed by atoms with van der Waals surface area (Å²) >= 11 is 0. The molecule has 5 heteroatoms. The molecule has 4 unspecified atom stereocenters. The average molecular weight is 253 g/mol. The summed E-state index contributed by atoms with van der Waals surface area (Å²) < 4.78 is 12.0. The number of aliphatic hydroxyl groups excluding tert-OH is 2. The van der Waals surface area contributed by atoms with Gasteiger partial charge in [0, 0.05) is 19.3 Å². The molecule has 100 valence electrons. The summed E-state index contributed by atoms with van der Waals surface area (Å²) in [6, 6.07) is 2.14. The fourth-order valence-electron chi connectivity index (χ4n) is 3.65. The van der Waals surface area contributed by atoms with E-state index in [1.807, 2.05) is 0 Å². The summed E-state index contributed by atoms with van der Waals surface area (Å²) in [5.41, 5.74) is -0.429. The summed E-state index contributed by atoms with van der Waals surface area (Å²) in [4.78, 5) is 0. The van der Waals surface area contributed by atoms with Crippen molar-refractivity contribution in [2.45, 2.75) is 74.6 Å². The SMILES string of the molecule is N#CCCC1CC[C@@H]2OC3CC2(C[C@@H](O)C3O)O1. The molecule has 2 saturated heterocycles. The van der Waals surface area contributed by atoms with Crippen LogP contribution in [0.25, 0.3) is 0 Å². The minimum atomic E-state index is -0.789. The van der Waals surface area contributed by atoms with E-state index in [2.05, 4.69) is 6.07 Å². The van der Waals surface area contributed by atoms with Crippen LogP contribution in [0.5, 0.6) is 0 Å². The van der Waals surface area contributed by atoms with Crippen LogP contribution < -0.4 is 0 Å². The van der Waals surface area contributed by atoms with E-state index in [9.17, 15) is 10.2 Å². The maximum atomic E-state index is 9.89. The highest BCUT2D eigenvalue weighted by atomic mass is 16.6. The molecule has 0 radical (unpaired) electrons. The van der Waals surface area contributed by atoms with Crippen molar-refractivity contribution in [1.29, 1.82) is 5.26 Å². The first kappa shape index (κ1) is 12.4. The van der Waals surface area contributed by atoms with Crippen LogP contribution in [-0.4, -0.2) is 46.3 Å². The largest absolute Gasteiger partial charge is 0.390 e. The van der Waals surface area contributed by atoms with Gasteiger partial charge in [0.15, 0.2) is 0 Å². The van der Waals surface area contributed by atoms with Crippen LogP contribution in [0.3, 0.4) is 0 Å². The minimum absolute atomic E-state index is 0.00682. The number of hydrogen-bond donors (Lipinski definition) is 2. The molecule has 2 aliphatic heterocycles. The van der Waals surface area contributed by atoms with E-state index < -0.39 is 17.8 Å². The molecule has 2 heterocycles. The molecule has 1 saturated carbocycles. The number of rotatable bonds is 2. The Morgan fingerprint density at radius 2 is 2.11 bits per heavy atom. The zero-order valence-corrected chi connectivity index (χ0v) is 10.3. The van der Waals surface area contributed by atoms with Gasteiger partial charge in [-0.15, -0.1) is 0 Å². The molecule has 2 N–H and O–H groups in total. The lowest BCUT2D eigenvalue weighted by atomic mass is 9.76. The van der Waals surface area contributed by atoms with Crippen molar-refractivity contribution in [2.75, 3.05) is 0 Å². The fourth-order valence-corrected chi connectivity index (χ4v) is 3.65. The Hall–Kier alpha value is -0.670. The lowest BCUT2D eigenvalue weighted by Crippen LogP contribution is -2.54. The van der Waals surface area contributed by atoms with Crippen molar-refractivity contribution in [3.05, 3.63) is 0 Å². The molecule has 0 aromatic rings. The molecule has 3 aliphatic rings. The summed E-state index contributed by atoms with van der Waals surface area (Å²) in [5, 5.41) is 28.4. The first-order valence-corrected chi connectivity index (χ1v) is 6.71. The first-order valence-electron chi connectivity index (χ1n) is 6.71. The van der Waals surface area contributed by atoms with Crippen LogP contribution in [0, 0.1) is 11.3 Å². The van der Waals surface area contributed by atoms with E-state index in [0.717, 1.165) is 19.3 Å². The highest BCUT2D eigenvalue weighted by Gasteiger charge is 2.59.